The fraction of sp³-hybridized carbons (Fsp3) is 0.762. The molecule has 2 saturated carbocycles. The predicted octanol–water partition coefficient (Wildman–Crippen LogP) is 1.66. The number of nitrogens with zero attached hydrogens (tertiary/aromatic N) is 2. The monoisotopic (exact) mass is 516 g/mol. The van der Waals surface area contributed by atoms with Crippen LogP contribution in [0.15, 0.2) is 17.1 Å². The Morgan fingerprint density at radius 3 is 2.34 bits per heavy atom. The molecule has 4 aliphatic rings. The Labute approximate surface area is 189 Å². The Morgan fingerprint density at radius 2 is 1.76 bits per heavy atom. The first-order valence-electron chi connectivity index (χ1n) is 10.8. The van der Waals surface area contributed by atoms with Gasteiger partial charge in [-0.2, -0.15) is 0 Å². The Kier molecular flexibility index (Phi) is 7.24. The van der Waals surface area contributed by atoms with Crippen LogP contribution in [-0.2, 0) is 9.59 Å². The van der Waals surface area contributed by atoms with E-state index in [-0.39, 0.29) is 59.5 Å². The molecule has 29 heavy (non-hydrogen) atoms. The molecule has 8 heteroatoms. The van der Waals surface area contributed by atoms with Crippen molar-refractivity contribution in [2.75, 3.05) is 26.2 Å². The van der Waals surface area contributed by atoms with E-state index < -0.39 is 5.60 Å². The maximum atomic E-state index is 12.7. The van der Waals surface area contributed by atoms with Gasteiger partial charge in [-0.1, -0.05) is 31.4 Å². The summed E-state index contributed by atoms with van der Waals surface area (Å²) < 4.78 is 0. The molecule has 2 amide bonds. The topological polar surface area (TPSA) is 94.0 Å². The van der Waals surface area contributed by atoms with Gasteiger partial charge in [0.2, 0.25) is 11.8 Å². The van der Waals surface area contributed by atoms with Crippen LogP contribution in [0.1, 0.15) is 45.4 Å². The molecule has 3 N–H and O–H groups in total. The summed E-state index contributed by atoms with van der Waals surface area (Å²) in [6.07, 6.45) is 10.1. The second-order valence-corrected chi connectivity index (χ2v) is 8.73. The van der Waals surface area contributed by atoms with Gasteiger partial charge in [-0.15, -0.1) is 24.0 Å². The van der Waals surface area contributed by atoms with Crippen molar-refractivity contribution in [1.29, 1.82) is 0 Å². The molecule has 7 nitrogen and oxygen atoms in total. The molecular formula is C21H33IN4O3. The molecule has 0 aromatic heterocycles. The van der Waals surface area contributed by atoms with Gasteiger partial charge in [0, 0.05) is 19.6 Å². The number of amides is 2. The van der Waals surface area contributed by atoms with Crippen molar-refractivity contribution < 1.29 is 14.7 Å². The number of carbonyl (C=O) groups is 2. The SMILES string of the molecule is CCNC(=NCC1(O)CCCCC1)NCCN1C(=O)C2C3C=CC(C3)C2C1=O.I. The average molecular weight is 516 g/mol. The van der Waals surface area contributed by atoms with Crippen molar-refractivity contribution >= 4 is 41.8 Å². The fourth-order valence-corrected chi connectivity index (χ4v) is 5.41. The second-order valence-electron chi connectivity index (χ2n) is 8.73. The number of fused-ring (bicyclic) bond motifs is 5. The van der Waals surface area contributed by atoms with Crippen LogP contribution in [0.2, 0.25) is 0 Å². The average Bonchev–Trinajstić information content (AvgIpc) is 3.36. The highest BCUT2D eigenvalue weighted by molar-refractivity contribution is 14.0. The van der Waals surface area contributed by atoms with Crippen LogP contribution in [0.3, 0.4) is 0 Å². The van der Waals surface area contributed by atoms with Gasteiger partial charge >= 0.3 is 0 Å². The van der Waals surface area contributed by atoms with Crippen LogP contribution >= 0.6 is 24.0 Å². The number of aliphatic imine (C=N–C) groups is 1. The largest absolute Gasteiger partial charge is 0.388 e. The predicted molar refractivity (Wildman–Crippen MR) is 122 cm³/mol. The van der Waals surface area contributed by atoms with E-state index in [0.29, 0.717) is 32.1 Å². The molecular weight excluding hydrogens is 483 g/mol. The smallest absolute Gasteiger partial charge is 0.233 e. The van der Waals surface area contributed by atoms with E-state index in [0.717, 1.165) is 32.1 Å². The lowest BCUT2D eigenvalue weighted by molar-refractivity contribution is -0.140. The Balaban J connectivity index is 0.00000240. The van der Waals surface area contributed by atoms with E-state index in [9.17, 15) is 14.7 Å². The third-order valence-electron chi connectivity index (χ3n) is 6.85. The number of hydrogen-bond acceptors (Lipinski definition) is 4. The van der Waals surface area contributed by atoms with Crippen LogP contribution < -0.4 is 10.6 Å². The Bertz CT molecular complexity index is 659. The zero-order valence-electron chi connectivity index (χ0n) is 17.1. The highest BCUT2D eigenvalue weighted by atomic mass is 127. The van der Waals surface area contributed by atoms with Gasteiger partial charge in [-0.3, -0.25) is 19.5 Å². The van der Waals surface area contributed by atoms with E-state index in [1.54, 1.807) is 0 Å². The minimum Gasteiger partial charge on any atom is -0.388 e. The van der Waals surface area contributed by atoms with Crippen molar-refractivity contribution in [2.24, 2.45) is 28.7 Å². The maximum absolute atomic E-state index is 12.7. The van der Waals surface area contributed by atoms with Gasteiger partial charge in [-0.05, 0) is 38.0 Å². The van der Waals surface area contributed by atoms with Gasteiger partial charge in [0.25, 0.3) is 0 Å². The van der Waals surface area contributed by atoms with Crippen LogP contribution in [-0.4, -0.2) is 59.6 Å². The van der Waals surface area contributed by atoms with E-state index in [2.05, 4.69) is 27.8 Å². The highest BCUT2D eigenvalue weighted by Gasteiger charge is 2.58. The molecule has 1 saturated heterocycles. The molecule has 0 spiro atoms. The van der Waals surface area contributed by atoms with Crippen molar-refractivity contribution in [3.63, 3.8) is 0 Å². The molecule has 1 heterocycles. The summed E-state index contributed by atoms with van der Waals surface area (Å²) in [6, 6.07) is 0. The molecule has 0 aromatic rings. The molecule has 4 rings (SSSR count). The molecule has 1 aliphatic heterocycles. The van der Waals surface area contributed by atoms with E-state index in [4.69, 9.17) is 0 Å². The molecule has 4 unspecified atom stereocenters. The van der Waals surface area contributed by atoms with Crippen molar-refractivity contribution in [3.8, 4) is 0 Å². The minimum atomic E-state index is -0.703. The number of halogens is 1. The summed E-state index contributed by atoms with van der Waals surface area (Å²) in [5.74, 6) is 0.843. The minimum absolute atomic E-state index is 0. The number of likely N-dealkylation sites (tertiary alicyclic amines) is 1. The third kappa shape index (κ3) is 4.47. The number of aliphatic hydroxyl groups is 1. The number of nitrogens with one attached hydrogen (secondary N) is 2. The first kappa shape index (κ1) is 22.5. The quantitative estimate of drug-likeness (QED) is 0.164. The summed E-state index contributed by atoms with van der Waals surface area (Å²) in [4.78, 5) is 31.4. The number of guanidine groups is 1. The summed E-state index contributed by atoms with van der Waals surface area (Å²) in [7, 11) is 0. The molecule has 4 atom stereocenters. The lowest BCUT2D eigenvalue weighted by Crippen LogP contribution is -2.44. The zero-order chi connectivity index (χ0) is 19.7. The number of imide groups is 1. The molecule has 2 bridgehead atoms. The van der Waals surface area contributed by atoms with Gasteiger partial charge in [-0.25, -0.2) is 0 Å². The van der Waals surface area contributed by atoms with Crippen LogP contribution in [0, 0.1) is 23.7 Å². The summed E-state index contributed by atoms with van der Waals surface area (Å²) in [5, 5.41) is 17.0. The van der Waals surface area contributed by atoms with E-state index in [1.165, 1.54) is 11.3 Å². The van der Waals surface area contributed by atoms with Crippen molar-refractivity contribution in [2.45, 2.75) is 51.0 Å². The van der Waals surface area contributed by atoms with Crippen LogP contribution in [0.25, 0.3) is 0 Å². The molecule has 162 valence electrons. The summed E-state index contributed by atoms with van der Waals surface area (Å²) in [5.41, 5.74) is -0.703. The van der Waals surface area contributed by atoms with Crippen molar-refractivity contribution in [3.05, 3.63) is 12.2 Å². The summed E-state index contributed by atoms with van der Waals surface area (Å²) in [6.45, 7) is 3.90. The second kappa shape index (κ2) is 9.32. The zero-order valence-corrected chi connectivity index (χ0v) is 19.4. The third-order valence-corrected chi connectivity index (χ3v) is 6.85. The lowest BCUT2D eigenvalue weighted by Gasteiger charge is -2.30. The number of rotatable bonds is 6. The molecule has 3 aliphatic carbocycles. The van der Waals surface area contributed by atoms with Gasteiger partial charge in [0.1, 0.15) is 0 Å². The fourth-order valence-electron chi connectivity index (χ4n) is 5.41. The van der Waals surface area contributed by atoms with Crippen LogP contribution in [0.4, 0.5) is 0 Å². The highest BCUT2D eigenvalue weighted by Crippen LogP contribution is 2.52. The number of carbonyl (C=O) groups excluding carboxylic acids is 2. The maximum Gasteiger partial charge on any atom is 0.233 e. The Hall–Kier alpha value is -1.16. The van der Waals surface area contributed by atoms with Gasteiger partial charge in [0.15, 0.2) is 5.96 Å². The van der Waals surface area contributed by atoms with Crippen LogP contribution in [0.5, 0.6) is 0 Å². The Morgan fingerprint density at radius 1 is 1.14 bits per heavy atom. The van der Waals surface area contributed by atoms with E-state index >= 15 is 0 Å². The molecule has 0 aromatic carbocycles. The van der Waals surface area contributed by atoms with Crippen molar-refractivity contribution in [1.82, 2.24) is 15.5 Å². The normalized spacial score (nSPS) is 32.3. The molecule has 3 fully saturated rings. The first-order valence-corrected chi connectivity index (χ1v) is 10.8. The van der Waals surface area contributed by atoms with Gasteiger partial charge < -0.3 is 15.7 Å². The van der Waals surface area contributed by atoms with E-state index in [1.807, 2.05) is 6.92 Å². The number of allylic oxidation sites excluding steroid dienone is 2. The number of hydrogen-bond donors (Lipinski definition) is 3. The first-order chi connectivity index (χ1) is 13.5. The standard InChI is InChI=1S/C21H32N4O3.HI/c1-2-22-20(24-13-21(28)8-4-3-5-9-21)23-10-11-25-18(26)16-14-6-7-15(12-14)17(16)19(25)27;/h6-7,14-17,28H,2-5,8-13H2,1H3,(H2,22,23,24);1H. The molecule has 0 radical (unpaired) electrons. The summed E-state index contributed by atoms with van der Waals surface area (Å²) >= 11 is 0. The lowest BCUT2D eigenvalue weighted by atomic mass is 9.85. The van der Waals surface area contributed by atoms with Gasteiger partial charge in [0.05, 0.1) is 24.0 Å².